The number of esters is 3. The van der Waals surface area contributed by atoms with Crippen molar-refractivity contribution in [1.82, 2.24) is 0 Å². The van der Waals surface area contributed by atoms with Crippen molar-refractivity contribution in [2.75, 3.05) is 13.2 Å². The molecule has 0 aromatic rings. The zero-order valence-corrected chi connectivity index (χ0v) is 49.0. The van der Waals surface area contributed by atoms with Crippen LogP contribution in [-0.4, -0.2) is 37.2 Å². The molecule has 1 unspecified atom stereocenters. The van der Waals surface area contributed by atoms with Gasteiger partial charge in [0.05, 0.1) is 0 Å². The van der Waals surface area contributed by atoms with Crippen LogP contribution in [0.3, 0.4) is 0 Å². The molecule has 0 amide bonds. The SMILES string of the molecule is CC/C=C\C/C=C\C/C=C\C/C=C\C/C=C\C/C=C\C/C=C\C/C=C\CCCCCCCCCCC(=O)OCC(COC(=O)CCCCCCCCCC)OC(=O)CCCCCCC/C=C\CCCCCCCCC. The third-order valence-electron chi connectivity index (χ3n) is 13.3. The molecule has 0 radical (unpaired) electrons. The maximum absolute atomic E-state index is 12.8. The van der Waals surface area contributed by atoms with Gasteiger partial charge in [0.1, 0.15) is 13.2 Å². The van der Waals surface area contributed by atoms with E-state index in [0.29, 0.717) is 19.3 Å². The molecular formula is C69H116O6. The standard InChI is InChI=1S/C69H116O6/c1-4-7-10-13-16-19-21-23-25-27-28-29-30-31-32-33-34-35-36-37-38-39-40-41-42-43-45-46-48-50-53-56-59-62-68(71)74-65-66(64-73-67(70)61-58-55-52-18-15-12-9-6-3)75-69(72)63-60-57-54-51-49-47-44-26-24-22-20-17-14-11-8-5-2/h7,10,16,19,23,25-26,28-29,31-32,34-35,37-38,40-41,44,66H,4-6,8-9,11-15,17-18,20-22,24,27,30,33,36,39,42-43,45-65H2,1-3H3/b10-7-,19-16-,25-23-,29-28-,32-31-,35-34-,38-37-,41-40-,44-26-. The van der Waals surface area contributed by atoms with Gasteiger partial charge in [-0.2, -0.15) is 0 Å². The lowest BCUT2D eigenvalue weighted by Gasteiger charge is -2.18. The minimum atomic E-state index is -0.784. The van der Waals surface area contributed by atoms with Crippen molar-refractivity contribution >= 4 is 17.9 Å². The highest BCUT2D eigenvalue weighted by atomic mass is 16.6. The van der Waals surface area contributed by atoms with Crippen molar-refractivity contribution in [1.29, 1.82) is 0 Å². The minimum absolute atomic E-state index is 0.0820. The number of ether oxygens (including phenoxy) is 3. The van der Waals surface area contributed by atoms with Crippen LogP contribution in [0.15, 0.2) is 109 Å². The molecule has 0 N–H and O–H groups in total. The Bertz CT molecular complexity index is 1520. The second-order valence-corrected chi connectivity index (χ2v) is 20.6. The Labute approximate surface area is 463 Å². The first kappa shape index (κ1) is 71.1. The van der Waals surface area contributed by atoms with Gasteiger partial charge in [-0.25, -0.2) is 0 Å². The molecule has 0 aliphatic rings. The summed E-state index contributed by atoms with van der Waals surface area (Å²) >= 11 is 0. The van der Waals surface area contributed by atoms with Crippen molar-refractivity contribution in [2.24, 2.45) is 0 Å². The molecule has 0 fully saturated rings. The summed E-state index contributed by atoms with van der Waals surface area (Å²) in [5, 5.41) is 0. The lowest BCUT2D eigenvalue weighted by Crippen LogP contribution is -2.30. The Hall–Kier alpha value is -3.93. The molecular weight excluding hydrogens is 925 g/mol. The molecule has 0 heterocycles. The molecule has 75 heavy (non-hydrogen) atoms. The fourth-order valence-corrected chi connectivity index (χ4v) is 8.57. The molecule has 428 valence electrons. The Morgan fingerprint density at radius 3 is 0.827 bits per heavy atom. The van der Waals surface area contributed by atoms with Gasteiger partial charge in [0.25, 0.3) is 0 Å². The molecule has 0 rings (SSSR count). The van der Waals surface area contributed by atoms with Gasteiger partial charge in [-0.1, -0.05) is 271 Å². The smallest absolute Gasteiger partial charge is 0.306 e. The van der Waals surface area contributed by atoms with Gasteiger partial charge in [0.15, 0.2) is 6.10 Å². The first-order valence-corrected chi connectivity index (χ1v) is 31.4. The van der Waals surface area contributed by atoms with E-state index in [1.165, 1.54) is 122 Å². The van der Waals surface area contributed by atoms with Gasteiger partial charge < -0.3 is 14.2 Å². The number of hydrogen-bond donors (Lipinski definition) is 0. The largest absolute Gasteiger partial charge is 0.462 e. The van der Waals surface area contributed by atoms with Crippen LogP contribution in [0.2, 0.25) is 0 Å². The summed E-state index contributed by atoms with van der Waals surface area (Å²) in [6.45, 7) is 6.49. The van der Waals surface area contributed by atoms with E-state index < -0.39 is 6.10 Å². The average molecular weight is 1040 g/mol. The van der Waals surface area contributed by atoms with Crippen molar-refractivity contribution < 1.29 is 28.6 Å². The summed E-state index contributed by atoms with van der Waals surface area (Å²) in [4.78, 5) is 38.1. The highest BCUT2D eigenvalue weighted by Gasteiger charge is 2.19. The van der Waals surface area contributed by atoms with E-state index in [-0.39, 0.29) is 31.1 Å². The number of rotatable bonds is 56. The molecule has 0 aliphatic carbocycles. The van der Waals surface area contributed by atoms with Crippen molar-refractivity contribution in [2.45, 2.75) is 297 Å². The van der Waals surface area contributed by atoms with Gasteiger partial charge in [0.2, 0.25) is 0 Å². The molecule has 6 heteroatoms. The molecule has 0 bridgehead atoms. The highest BCUT2D eigenvalue weighted by molar-refractivity contribution is 5.71. The molecule has 0 aliphatic heterocycles. The van der Waals surface area contributed by atoms with Crippen molar-refractivity contribution in [3.63, 3.8) is 0 Å². The number of unbranched alkanes of at least 4 members (excludes halogenated alkanes) is 27. The molecule has 0 aromatic heterocycles. The predicted octanol–water partition coefficient (Wildman–Crippen LogP) is 21.4. The van der Waals surface area contributed by atoms with Crippen LogP contribution in [-0.2, 0) is 28.6 Å². The van der Waals surface area contributed by atoms with Crippen LogP contribution in [0, 0.1) is 0 Å². The number of hydrogen-bond acceptors (Lipinski definition) is 6. The molecule has 6 nitrogen and oxygen atoms in total. The van der Waals surface area contributed by atoms with Crippen LogP contribution < -0.4 is 0 Å². The van der Waals surface area contributed by atoms with E-state index in [1.54, 1.807) is 0 Å². The monoisotopic (exact) mass is 1040 g/mol. The summed E-state index contributed by atoms with van der Waals surface area (Å²) in [7, 11) is 0. The second kappa shape index (κ2) is 62.6. The molecule has 0 saturated carbocycles. The zero-order chi connectivity index (χ0) is 54.3. The third kappa shape index (κ3) is 60.8. The highest BCUT2D eigenvalue weighted by Crippen LogP contribution is 2.15. The van der Waals surface area contributed by atoms with E-state index in [1.807, 2.05) is 0 Å². The fraction of sp³-hybridized carbons (Fsp3) is 0.696. The second-order valence-electron chi connectivity index (χ2n) is 20.6. The van der Waals surface area contributed by atoms with Gasteiger partial charge in [0, 0.05) is 19.3 Å². The molecule has 1 atom stereocenters. The molecule has 0 spiro atoms. The lowest BCUT2D eigenvalue weighted by atomic mass is 10.1. The minimum Gasteiger partial charge on any atom is -0.462 e. The van der Waals surface area contributed by atoms with E-state index in [2.05, 4.69) is 130 Å². The van der Waals surface area contributed by atoms with Crippen LogP contribution >= 0.6 is 0 Å². The lowest BCUT2D eigenvalue weighted by molar-refractivity contribution is -0.167. The summed E-state index contributed by atoms with van der Waals surface area (Å²) in [5.41, 5.74) is 0. The van der Waals surface area contributed by atoms with E-state index in [9.17, 15) is 14.4 Å². The average Bonchev–Trinajstić information content (AvgIpc) is 3.41. The summed E-state index contributed by atoms with van der Waals surface area (Å²) < 4.78 is 16.8. The molecule has 0 saturated heterocycles. The van der Waals surface area contributed by atoms with E-state index >= 15 is 0 Å². The van der Waals surface area contributed by atoms with Gasteiger partial charge in [-0.3, -0.25) is 14.4 Å². The maximum Gasteiger partial charge on any atom is 0.306 e. The fourth-order valence-electron chi connectivity index (χ4n) is 8.57. The van der Waals surface area contributed by atoms with Crippen LogP contribution in [0.25, 0.3) is 0 Å². The predicted molar refractivity (Wildman–Crippen MR) is 325 cm³/mol. The summed E-state index contributed by atoms with van der Waals surface area (Å²) in [6.07, 6.45) is 85.4. The normalized spacial score (nSPS) is 12.8. The van der Waals surface area contributed by atoms with Crippen LogP contribution in [0.1, 0.15) is 290 Å². The molecule has 0 aromatic carbocycles. The number of allylic oxidation sites excluding steroid dienone is 18. The number of carbonyl (C=O) groups excluding carboxylic acids is 3. The van der Waals surface area contributed by atoms with E-state index in [0.717, 1.165) is 128 Å². The van der Waals surface area contributed by atoms with Crippen molar-refractivity contribution in [3.05, 3.63) is 109 Å². The Morgan fingerprint density at radius 2 is 0.520 bits per heavy atom. The number of carbonyl (C=O) groups is 3. The quantitative estimate of drug-likeness (QED) is 0.0261. The summed E-state index contributed by atoms with van der Waals surface area (Å²) in [5.74, 6) is -0.899. The van der Waals surface area contributed by atoms with Gasteiger partial charge in [-0.05, 0) is 109 Å². The summed E-state index contributed by atoms with van der Waals surface area (Å²) in [6, 6.07) is 0. The Kier molecular flexibility index (Phi) is 59.3. The van der Waals surface area contributed by atoms with E-state index in [4.69, 9.17) is 14.2 Å². The van der Waals surface area contributed by atoms with Gasteiger partial charge >= 0.3 is 17.9 Å². The maximum atomic E-state index is 12.8. The first-order chi connectivity index (χ1) is 37.0. The first-order valence-electron chi connectivity index (χ1n) is 31.4. The Balaban J connectivity index is 4.17. The topological polar surface area (TPSA) is 78.9 Å². The van der Waals surface area contributed by atoms with Crippen LogP contribution in [0.4, 0.5) is 0 Å². The van der Waals surface area contributed by atoms with Crippen LogP contribution in [0.5, 0.6) is 0 Å². The van der Waals surface area contributed by atoms with Crippen molar-refractivity contribution in [3.8, 4) is 0 Å². The van der Waals surface area contributed by atoms with Gasteiger partial charge in [-0.15, -0.1) is 0 Å². The Morgan fingerprint density at radius 1 is 0.280 bits per heavy atom. The zero-order valence-electron chi connectivity index (χ0n) is 49.0. The third-order valence-corrected chi connectivity index (χ3v) is 13.3.